The van der Waals surface area contributed by atoms with Gasteiger partial charge in [-0.3, -0.25) is 0 Å². The molecule has 0 amide bonds. The van der Waals surface area contributed by atoms with Crippen molar-refractivity contribution < 1.29 is 14.3 Å². The van der Waals surface area contributed by atoms with E-state index in [4.69, 9.17) is 10.5 Å². The lowest BCUT2D eigenvalue weighted by atomic mass is 10.2. The van der Waals surface area contributed by atoms with Crippen molar-refractivity contribution in [1.82, 2.24) is 0 Å². The Bertz CT molecular complexity index is 555. The highest BCUT2D eigenvalue weighted by atomic mass is 35.5. The Hall–Kier alpha value is -2.20. The quantitative estimate of drug-likeness (QED) is 0.692. The van der Waals surface area contributed by atoms with Gasteiger partial charge >= 0.3 is 5.97 Å². The summed E-state index contributed by atoms with van der Waals surface area (Å²) >= 11 is 0. The number of nitrogen functional groups attached to an aromatic ring is 1. The zero-order valence-electron chi connectivity index (χ0n) is 10.3. The molecule has 2 N–H and O–H groups in total. The summed E-state index contributed by atoms with van der Waals surface area (Å²) in [7, 11) is 1.34. The van der Waals surface area contributed by atoms with Crippen LogP contribution in [0.15, 0.2) is 48.5 Å². The van der Waals surface area contributed by atoms with Crippen molar-refractivity contribution in [3.8, 4) is 11.5 Å². The summed E-state index contributed by atoms with van der Waals surface area (Å²) in [4.78, 5) is 11.4. The molecule has 0 aliphatic rings. The van der Waals surface area contributed by atoms with Crippen LogP contribution in [0.2, 0.25) is 0 Å². The number of hydrogen-bond donors (Lipinski definition) is 1. The summed E-state index contributed by atoms with van der Waals surface area (Å²) in [5.74, 6) is 0.839. The minimum absolute atomic E-state index is 0. The van der Waals surface area contributed by atoms with E-state index in [1.54, 1.807) is 48.5 Å². The molecule has 5 heteroatoms. The topological polar surface area (TPSA) is 61.5 Å². The average Bonchev–Trinajstić information content (AvgIpc) is 2.41. The second-order valence-electron chi connectivity index (χ2n) is 3.69. The number of benzene rings is 2. The molecule has 0 aliphatic heterocycles. The number of carbonyl (C=O) groups excluding carboxylic acids is 1. The molecular formula is C14H14ClNO3. The number of hydrogen-bond acceptors (Lipinski definition) is 4. The Morgan fingerprint density at radius 1 is 1.05 bits per heavy atom. The lowest BCUT2D eigenvalue weighted by Crippen LogP contribution is -2.00. The SMILES string of the molecule is COC(=O)c1cccc(Oc2ccc(N)cc2)c1.Cl. The molecule has 0 saturated heterocycles. The van der Waals surface area contributed by atoms with Gasteiger partial charge in [-0.15, -0.1) is 12.4 Å². The van der Waals surface area contributed by atoms with E-state index >= 15 is 0 Å². The minimum atomic E-state index is -0.391. The molecule has 0 atom stereocenters. The highest BCUT2D eigenvalue weighted by Crippen LogP contribution is 2.23. The molecule has 0 aromatic heterocycles. The lowest BCUT2D eigenvalue weighted by Gasteiger charge is -2.07. The molecule has 4 nitrogen and oxygen atoms in total. The van der Waals surface area contributed by atoms with Gasteiger partial charge in [-0.05, 0) is 42.5 Å². The van der Waals surface area contributed by atoms with E-state index in [0.717, 1.165) is 0 Å². The summed E-state index contributed by atoms with van der Waals surface area (Å²) in [6.45, 7) is 0. The van der Waals surface area contributed by atoms with E-state index < -0.39 is 5.97 Å². The molecule has 0 aliphatic carbocycles. The molecule has 2 aromatic carbocycles. The molecule has 0 heterocycles. The van der Waals surface area contributed by atoms with E-state index in [1.165, 1.54) is 7.11 Å². The van der Waals surface area contributed by atoms with Crippen LogP contribution in [0.5, 0.6) is 11.5 Å². The lowest BCUT2D eigenvalue weighted by molar-refractivity contribution is 0.0600. The van der Waals surface area contributed by atoms with Gasteiger partial charge in [0.05, 0.1) is 12.7 Å². The van der Waals surface area contributed by atoms with Crippen LogP contribution in [0.25, 0.3) is 0 Å². The van der Waals surface area contributed by atoms with E-state index in [-0.39, 0.29) is 12.4 Å². The number of anilines is 1. The van der Waals surface area contributed by atoms with Crippen molar-refractivity contribution >= 4 is 24.1 Å². The molecular weight excluding hydrogens is 266 g/mol. The van der Waals surface area contributed by atoms with Gasteiger partial charge in [0.25, 0.3) is 0 Å². The van der Waals surface area contributed by atoms with Gasteiger partial charge in [0, 0.05) is 5.69 Å². The van der Waals surface area contributed by atoms with Gasteiger partial charge in [0.15, 0.2) is 0 Å². The molecule has 0 unspecified atom stereocenters. The second kappa shape index (κ2) is 6.66. The molecule has 2 rings (SSSR count). The van der Waals surface area contributed by atoms with Gasteiger partial charge in [0.1, 0.15) is 11.5 Å². The van der Waals surface area contributed by atoms with Crippen molar-refractivity contribution in [3.63, 3.8) is 0 Å². The predicted molar refractivity (Wildman–Crippen MR) is 76.0 cm³/mol. The Morgan fingerprint density at radius 2 is 1.74 bits per heavy atom. The largest absolute Gasteiger partial charge is 0.465 e. The minimum Gasteiger partial charge on any atom is -0.465 e. The zero-order valence-corrected chi connectivity index (χ0v) is 11.1. The fourth-order valence-electron chi connectivity index (χ4n) is 1.48. The van der Waals surface area contributed by atoms with E-state index in [2.05, 4.69) is 4.74 Å². The Balaban J connectivity index is 0.00000180. The average molecular weight is 280 g/mol. The highest BCUT2D eigenvalue weighted by molar-refractivity contribution is 5.89. The van der Waals surface area contributed by atoms with Gasteiger partial charge in [-0.1, -0.05) is 6.07 Å². The molecule has 0 bridgehead atoms. The van der Waals surface area contributed by atoms with E-state index in [0.29, 0.717) is 22.7 Å². The van der Waals surface area contributed by atoms with Crippen LogP contribution < -0.4 is 10.5 Å². The van der Waals surface area contributed by atoms with E-state index in [1.807, 2.05) is 0 Å². The summed E-state index contributed by atoms with van der Waals surface area (Å²) in [5.41, 5.74) is 6.71. The van der Waals surface area contributed by atoms with Crippen LogP contribution in [0.4, 0.5) is 5.69 Å². The number of esters is 1. The normalized spacial score (nSPS) is 9.32. The molecule has 100 valence electrons. The third kappa shape index (κ3) is 3.89. The molecule has 0 fully saturated rings. The number of rotatable bonds is 3. The Morgan fingerprint density at radius 3 is 2.37 bits per heavy atom. The van der Waals surface area contributed by atoms with Crippen molar-refractivity contribution in [1.29, 1.82) is 0 Å². The summed E-state index contributed by atoms with van der Waals surface area (Å²) in [6, 6.07) is 13.8. The van der Waals surface area contributed by atoms with Gasteiger partial charge in [0.2, 0.25) is 0 Å². The van der Waals surface area contributed by atoms with Gasteiger partial charge in [-0.25, -0.2) is 4.79 Å². The van der Waals surface area contributed by atoms with Crippen molar-refractivity contribution in [2.75, 3.05) is 12.8 Å². The second-order valence-corrected chi connectivity index (χ2v) is 3.69. The van der Waals surface area contributed by atoms with Crippen LogP contribution in [-0.2, 0) is 4.74 Å². The maximum Gasteiger partial charge on any atom is 0.337 e. The van der Waals surface area contributed by atoms with Crippen LogP contribution in [0, 0.1) is 0 Å². The van der Waals surface area contributed by atoms with Crippen LogP contribution >= 0.6 is 12.4 Å². The Labute approximate surface area is 117 Å². The maximum absolute atomic E-state index is 11.4. The van der Waals surface area contributed by atoms with Gasteiger partial charge in [-0.2, -0.15) is 0 Å². The number of halogens is 1. The third-order valence-corrected chi connectivity index (χ3v) is 2.37. The smallest absolute Gasteiger partial charge is 0.337 e. The van der Waals surface area contributed by atoms with E-state index in [9.17, 15) is 4.79 Å². The molecule has 0 radical (unpaired) electrons. The first-order valence-corrected chi connectivity index (χ1v) is 5.41. The summed E-state index contributed by atoms with van der Waals surface area (Å²) in [6.07, 6.45) is 0. The zero-order chi connectivity index (χ0) is 13.0. The fourth-order valence-corrected chi connectivity index (χ4v) is 1.48. The van der Waals surface area contributed by atoms with Crippen molar-refractivity contribution in [2.24, 2.45) is 0 Å². The third-order valence-electron chi connectivity index (χ3n) is 2.37. The first-order valence-electron chi connectivity index (χ1n) is 5.41. The molecule has 0 saturated carbocycles. The number of methoxy groups -OCH3 is 1. The van der Waals surface area contributed by atoms with Crippen LogP contribution in [-0.4, -0.2) is 13.1 Å². The predicted octanol–water partition coefficient (Wildman–Crippen LogP) is 3.27. The molecule has 19 heavy (non-hydrogen) atoms. The molecule has 0 spiro atoms. The summed E-state index contributed by atoms with van der Waals surface area (Å²) < 4.78 is 10.3. The van der Waals surface area contributed by atoms with Crippen molar-refractivity contribution in [2.45, 2.75) is 0 Å². The number of nitrogens with two attached hydrogens (primary N) is 1. The number of carbonyl (C=O) groups is 1. The monoisotopic (exact) mass is 279 g/mol. The Kier molecular flexibility index (Phi) is 5.21. The fraction of sp³-hybridized carbons (Fsp3) is 0.0714. The summed E-state index contributed by atoms with van der Waals surface area (Å²) in [5, 5.41) is 0. The standard InChI is InChI=1S/C14H13NO3.ClH/c1-17-14(16)10-3-2-4-13(9-10)18-12-7-5-11(15)6-8-12;/h2-9H,15H2,1H3;1H. The van der Waals surface area contributed by atoms with Crippen molar-refractivity contribution in [3.05, 3.63) is 54.1 Å². The van der Waals surface area contributed by atoms with Gasteiger partial charge < -0.3 is 15.2 Å². The molecule has 2 aromatic rings. The maximum atomic E-state index is 11.4. The number of ether oxygens (including phenoxy) is 2. The van der Waals surface area contributed by atoms with Crippen LogP contribution in [0.1, 0.15) is 10.4 Å². The van der Waals surface area contributed by atoms with Crippen LogP contribution in [0.3, 0.4) is 0 Å². The highest BCUT2D eigenvalue weighted by Gasteiger charge is 2.06. The first kappa shape index (κ1) is 14.9. The first-order chi connectivity index (χ1) is 8.69.